The number of carbonyl (C=O) groups is 1. The minimum atomic E-state index is -0.0694. The second-order valence-electron chi connectivity index (χ2n) is 4.47. The Balaban J connectivity index is 1.92. The number of aromatic amines is 1. The van der Waals surface area contributed by atoms with E-state index in [1.54, 1.807) is 24.2 Å². The van der Waals surface area contributed by atoms with E-state index in [-0.39, 0.29) is 5.91 Å². The highest BCUT2D eigenvalue weighted by Crippen LogP contribution is 2.17. The van der Waals surface area contributed by atoms with Crippen molar-refractivity contribution in [3.8, 4) is 0 Å². The molecule has 0 radical (unpaired) electrons. The number of fused-ring (bicyclic) bond motifs is 1. The molecule has 3 rings (SSSR count). The molecule has 0 saturated carbocycles. The van der Waals surface area contributed by atoms with Gasteiger partial charge in [0.2, 0.25) is 0 Å². The summed E-state index contributed by atoms with van der Waals surface area (Å²) in [5.41, 5.74) is 1.45. The molecule has 1 aromatic carbocycles. The van der Waals surface area contributed by atoms with Crippen molar-refractivity contribution in [2.24, 2.45) is 0 Å². The van der Waals surface area contributed by atoms with Crippen LogP contribution in [0.5, 0.6) is 0 Å². The van der Waals surface area contributed by atoms with Gasteiger partial charge in [-0.1, -0.05) is 18.2 Å². The standard InChI is InChI=1S/C14H13N5O/c1-19(8-13-16-9-17-18-13)14(20)11-6-7-15-12-5-3-2-4-10(11)12/h2-7,9H,8H2,1H3,(H,16,17,18). The van der Waals surface area contributed by atoms with Crippen molar-refractivity contribution >= 4 is 16.8 Å². The number of pyridine rings is 1. The van der Waals surface area contributed by atoms with Gasteiger partial charge in [-0.25, -0.2) is 4.98 Å². The Morgan fingerprint density at radius 2 is 2.10 bits per heavy atom. The molecule has 3 aromatic rings. The molecule has 2 aromatic heterocycles. The number of benzene rings is 1. The molecule has 6 heteroatoms. The molecule has 20 heavy (non-hydrogen) atoms. The highest BCUT2D eigenvalue weighted by atomic mass is 16.2. The zero-order chi connectivity index (χ0) is 13.9. The second-order valence-corrected chi connectivity index (χ2v) is 4.47. The number of para-hydroxylation sites is 1. The first-order chi connectivity index (χ1) is 9.75. The number of aromatic nitrogens is 4. The third-order valence-corrected chi connectivity index (χ3v) is 3.08. The van der Waals surface area contributed by atoms with Crippen molar-refractivity contribution in [3.05, 3.63) is 54.2 Å². The van der Waals surface area contributed by atoms with Crippen molar-refractivity contribution < 1.29 is 4.79 Å². The summed E-state index contributed by atoms with van der Waals surface area (Å²) in [6.07, 6.45) is 3.08. The van der Waals surface area contributed by atoms with Gasteiger partial charge in [0.1, 0.15) is 12.2 Å². The third kappa shape index (κ3) is 2.23. The van der Waals surface area contributed by atoms with Crippen LogP contribution in [0.15, 0.2) is 42.9 Å². The zero-order valence-corrected chi connectivity index (χ0v) is 10.9. The van der Waals surface area contributed by atoms with Crippen LogP contribution in [0.2, 0.25) is 0 Å². The van der Waals surface area contributed by atoms with Gasteiger partial charge in [0, 0.05) is 18.6 Å². The first-order valence-corrected chi connectivity index (χ1v) is 6.19. The van der Waals surface area contributed by atoms with Crippen LogP contribution in [-0.2, 0) is 6.54 Å². The van der Waals surface area contributed by atoms with Gasteiger partial charge in [0.15, 0.2) is 0 Å². The van der Waals surface area contributed by atoms with Gasteiger partial charge in [-0.3, -0.25) is 14.9 Å². The number of hydrogen-bond donors (Lipinski definition) is 1. The average Bonchev–Trinajstić information content (AvgIpc) is 2.99. The van der Waals surface area contributed by atoms with E-state index in [2.05, 4.69) is 20.2 Å². The summed E-state index contributed by atoms with van der Waals surface area (Å²) in [4.78, 5) is 22.4. The van der Waals surface area contributed by atoms with E-state index in [0.717, 1.165) is 10.9 Å². The number of amides is 1. The molecular formula is C14H13N5O. The van der Waals surface area contributed by atoms with Crippen molar-refractivity contribution in [1.82, 2.24) is 25.1 Å². The number of H-pyrrole nitrogens is 1. The summed E-state index contributed by atoms with van der Waals surface area (Å²) in [5, 5.41) is 7.37. The Bertz CT molecular complexity index is 733. The zero-order valence-electron chi connectivity index (χ0n) is 10.9. The van der Waals surface area contributed by atoms with E-state index in [1.807, 2.05) is 24.3 Å². The Labute approximate surface area is 115 Å². The number of carbonyl (C=O) groups excluding carboxylic acids is 1. The molecule has 1 N–H and O–H groups in total. The monoisotopic (exact) mass is 267 g/mol. The molecule has 6 nitrogen and oxygen atoms in total. The lowest BCUT2D eigenvalue weighted by Gasteiger charge is -2.16. The SMILES string of the molecule is CN(Cc1ncn[nH]1)C(=O)c1ccnc2ccccc12. The number of nitrogens with one attached hydrogen (secondary N) is 1. The molecule has 0 unspecified atom stereocenters. The van der Waals surface area contributed by atoms with Crippen LogP contribution in [0, 0.1) is 0 Å². The smallest absolute Gasteiger partial charge is 0.254 e. The van der Waals surface area contributed by atoms with Crippen molar-refractivity contribution in [1.29, 1.82) is 0 Å². The van der Waals surface area contributed by atoms with Gasteiger partial charge in [-0.2, -0.15) is 5.10 Å². The molecule has 2 heterocycles. The maximum Gasteiger partial charge on any atom is 0.254 e. The minimum Gasteiger partial charge on any atom is -0.334 e. The molecule has 0 atom stereocenters. The maximum atomic E-state index is 12.5. The van der Waals surface area contributed by atoms with Crippen molar-refractivity contribution in [3.63, 3.8) is 0 Å². The minimum absolute atomic E-state index is 0.0694. The fourth-order valence-electron chi connectivity index (χ4n) is 2.09. The predicted molar refractivity (Wildman–Crippen MR) is 73.9 cm³/mol. The van der Waals surface area contributed by atoms with Gasteiger partial charge in [-0.05, 0) is 12.1 Å². The van der Waals surface area contributed by atoms with Crippen molar-refractivity contribution in [2.75, 3.05) is 7.05 Å². The molecular weight excluding hydrogens is 254 g/mol. The Hall–Kier alpha value is -2.76. The van der Waals surface area contributed by atoms with Crippen LogP contribution in [0.25, 0.3) is 10.9 Å². The molecule has 100 valence electrons. The third-order valence-electron chi connectivity index (χ3n) is 3.08. The van der Waals surface area contributed by atoms with Crippen LogP contribution in [0.4, 0.5) is 0 Å². The van der Waals surface area contributed by atoms with Crippen LogP contribution < -0.4 is 0 Å². The normalized spacial score (nSPS) is 10.7. The topological polar surface area (TPSA) is 74.8 Å². The number of nitrogens with zero attached hydrogens (tertiary/aromatic N) is 4. The van der Waals surface area contributed by atoms with Crippen molar-refractivity contribution in [2.45, 2.75) is 6.54 Å². The van der Waals surface area contributed by atoms with E-state index >= 15 is 0 Å². The molecule has 0 aliphatic heterocycles. The molecule has 1 amide bonds. The first kappa shape index (κ1) is 12.3. The van der Waals surface area contributed by atoms with Gasteiger partial charge >= 0.3 is 0 Å². The lowest BCUT2D eigenvalue weighted by atomic mass is 10.1. The summed E-state index contributed by atoms with van der Waals surface area (Å²) < 4.78 is 0. The largest absolute Gasteiger partial charge is 0.334 e. The maximum absolute atomic E-state index is 12.5. The van der Waals surface area contributed by atoms with E-state index in [4.69, 9.17) is 0 Å². The van der Waals surface area contributed by atoms with E-state index in [0.29, 0.717) is 17.9 Å². The van der Waals surface area contributed by atoms with Crippen LogP contribution in [0.1, 0.15) is 16.2 Å². The van der Waals surface area contributed by atoms with Crippen LogP contribution in [-0.4, -0.2) is 38.0 Å². The lowest BCUT2D eigenvalue weighted by molar-refractivity contribution is 0.0783. The quantitative estimate of drug-likeness (QED) is 0.782. The van der Waals surface area contributed by atoms with E-state index < -0.39 is 0 Å². The summed E-state index contributed by atoms with van der Waals surface area (Å²) in [7, 11) is 1.74. The van der Waals surface area contributed by atoms with Crippen LogP contribution in [0.3, 0.4) is 0 Å². The predicted octanol–water partition coefficient (Wildman–Crippen LogP) is 1.63. The average molecular weight is 267 g/mol. The highest BCUT2D eigenvalue weighted by molar-refractivity contribution is 6.05. The highest BCUT2D eigenvalue weighted by Gasteiger charge is 2.15. The van der Waals surface area contributed by atoms with E-state index in [1.165, 1.54) is 6.33 Å². The van der Waals surface area contributed by atoms with Gasteiger partial charge in [0.25, 0.3) is 5.91 Å². The lowest BCUT2D eigenvalue weighted by Crippen LogP contribution is -2.27. The molecule has 0 bridgehead atoms. The fourth-order valence-corrected chi connectivity index (χ4v) is 2.09. The molecule has 0 saturated heterocycles. The number of hydrogen-bond acceptors (Lipinski definition) is 4. The number of rotatable bonds is 3. The Morgan fingerprint density at radius 1 is 1.25 bits per heavy atom. The summed E-state index contributed by atoms with van der Waals surface area (Å²) in [6, 6.07) is 9.33. The van der Waals surface area contributed by atoms with Crippen LogP contribution >= 0.6 is 0 Å². The van der Waals surface area contributed by atoms with Gasteiger partial charge < -0.3 is 4.90 Å². The van der Waals surface area contributed by atoms with Gasteiger partial charge in [0.05, 0.1) is 17.6 Å². The molecule has 0 aliphatic carbocycles. The van der Waals surface area contributed by atoms with Gasteiger partial charge in [-0.15, -0.1) is 0 Å². The molecule has 0 fully saturated rings. The van der Waals surface area contributed by atoms with E-state index in [9.17, 15) is 4.79 Å². The summed E-state index contributed by atoms with van der Waals surface area (Å²) in [5.74, 6) is 0.583. The molecule has 0 aliphatic rings. The first-order valence-electron chi connectivity index (χ1n) is 6.19. The Morgan fingerprint density at radius 3 is 2.90 bits per heavy atom. The summed E-state index contributed by atoms with van der Waals surface area (Å²) >= 11 is 0. The Kier molecular flexibility index (Phi) is 3.12. The molecule has 0 spiro atoms. The summed E-state index contributed by atoms with van der Waals surface area (Å²) in [6.45, 7) is 0.384. The fraction of sp³-hybridized carbons (Fsp3) is 0.143. The second kappa shape index (κ2) is 5.08.